The zero-order chi connectivity index (χ0) is 17.1. The lowest BCUT2D eigenvalue weighted by Gasteiger charge is -2.19. The first-order chi connectivity index (χ1) is 10.8. The summed E-state index contributed by atoms with van der Waals surface area (Å²) in [5, 5.41) is 0. The molecule has 1 N–H and O–H groups in total. The molecule has 1 fully saturated rings. The van der Waals surface area contributed by atoms with E-state index in [0.717, 1.165) is 4.57 Å². The van der Waals surface area contributed by atoms with E-state index >= 15 is 0 Å². The van der Waals surface area contributed by atoms with Crippen LogP contribution in [0, 0.1) is 0 Å². The van der Waals surface area contributed by atoms with Crippen molar-refractivity contribution in [3.63, 3.8) is 0 Å². The molecule has 1 aliphatic rings. The number of carbonyl (C=O) groups excluding carboxylic acids is 2. The van der Waals surface area contributed by atoms with E-state index in [0.29, 0.717) is 0 Å². The zero-order valence-corrected chi connectivity index (χ0v) is 13.9. The molecule has 0 aliphatic carbocycles. The largest absolute Gasteiger partial charge is 0.463 e. The van der Waals surface area contributed by atoms with Crippen LogP contribution in [0.15, 0.2) is 21.9 Å². The fourth-order valence-corrected chi connectivity index (χ4v) is 3.04. The molecule has 0 aromatic carbocycles. The number of halogens is 1. The summed E-state index contributed by atoms with van der Waals surface area (Å²) in [5.74, 6) is -1.05. The van der Waals surface area contributed by atoms with Gasteiger partial charge in [-0.05, 0) is 0 Å². The molecule has 126 valence electrons. The predicted molar refractivity (Wildman–Crippen MR) is 80.1 cm³/mol. The second-order valence-electron chi connectivity index (χ2n) is 4.90. The van der Waals surface area contributed by atoms with E-state index in [1.165, 1.54) is 26.1 Å². The molecule has 0 radical (unpaired) electrons. The number of nitrogens with zero attached hydrogens (tertiary/aromatic N) is 1. The lowest BCUT2D eigenvalue weighted by molar-refractivity contribution is -0.155. The number of ether oxygens (including phenoxy) is 3. The van der Waals surface area contributed by atoms with Gasteiger partial charge in [0.05, 0.1) is 4.83 Å². The number of hydrogen-bond acceptors (Lipinski definition) is 7. The van der Waals surface area contributed by atoms with Gasteiger partial charge in [-0.25, -0.2) is 4.79 Å². The van der Waals surface area contributed by atoms with Crippen molar-refractivity contribution in [2.75, 3.05) is 6.61 Å². The molecule has 23 heavy (non-hydrogen) atoms. The number of rotatable bonds is 4. The van der Waals surface area contributed by atoms with Gasteiger partial charge >= 0.3 is 17.6 Å². The first-order valence-electron chi connectivity index (χ1n) is 6.71. The third kappa shape index (κ3) is 4.08. The average Bonchev–Trinajstić information content (AvgIpc) is 2.73. The van der Waals surface area contributed by atoms with Crippen molar-refractivity contribution in [1.82, 2.24) is 9.55 Å². The fraction of sp³-hybridized carbons (Fsp3) is 0.538. The van der Waals surface area contributed by atoms with Crippen LogP contribution in [0.1, 0.15) is 20.1 Å². The Kier molecular flexibility index (Phi) is 5.37. The molecule has 1 aliphatic heterocycles. The number of alkyl halides is 1. The molecular weight excluding hydrogens is 376 g/mol. The Morgan fingerprint density at radius 3 is 2.61 bits per heavy atom. The van der Waals surface area contributed by atoms with Crippen LogP contribution in [-0.2, 0) is 23.8 Å². The van der Waals surface area contributed by atoms with Gasteiger partial charge in [0.2, 0.25) is 0 Å². The maximum absolute atomic E-state index is 11.9. The van der Waals surface area contributed by atoms with Crippen LogP contribution in [0.4, 0.5) is 0 Å². The Labute approximate surface area is 138 Å². The maximum atomic E-state index is 11.9. The van der Waals surface area contributed by atoms with E-state index in [-0.39, 0.29) is 6.61 Å². The van der Waals surface area contributed by atoms with Gasteiger partial charge in [-0.2, -0.15) is 0 Å². The molecular formula is C13H15BrN2O7. The molecule has 4 atom stereocenters. The van der Waals surface area contributed by atoms with Crippen LogP contribution in [0.3, 0.4) is 0 Å². The van der Waals surface area contributed by atoms with Gasteiger partial charge in [0.15, 0.2) is 6.23 Å². The highest BCUT2D eigenvalue weighted by atomic mass is 79.9. The minimum Gasteiger partial charge on any atom is -0.463 e. The number of aromatic amines is 1. The van der Waals surface area contributed by atoms with Crippen LogP contribution in [0.5, 0.6) is 0 Å². The lowest BCUT2D eigenvalue weighted by atomic mass is 10.2. The summed E-state index contributed by atoms with van der Waals surface area (Å²) < 4.78 is 16.9. The Balaban J connectivity index is 2.27. The van der Waals surface area contributed by atoms with E-state index in [9.17, 15) is 19.2 Å². The Bertz CT molecular complexity index is 713. The predicted octanol–water partition coefficient (Wildman–Crippen LogP) is -0.308. The summed E-state index contributed by atoms with van der Waals surface area (Å²) in [6.07, 6.45) is -1.09. The van der Waals surface area contributed by atoms with Crippen molar-refractivity contribution in [2.24, 2.45) is 0 Å². The van der Waals surface area contributed by atoms with Crippen LogP contribution in [-0.4, -0.2) is 45.1 Å². The summed E-state index contributed by atoms with van der Waals surface area (Å²) in [6, 6.07) is 1.17. The Morgan fingerprint density at radius 1 is 1.35 bits per heavy atom. The van der Waals surface area contributed by atoms with Gasteiger partial charge in [0.1, 0.15) is 18.8 Å². The third-order valence-corrected chi connectivity index (χ3v) is 4.12. The van der Waals surface area contributed by atoms with Crippen LogP contribution in [0.25, 0.3) is 0 Å². The number of nitrogens with one attached hydrogen (secondary N) is 1. The quantitative estimate of drug-likeness (QED) is 0.553. The van der Waals surface area contributed by atoms with Gasteiger partial charge in [-0.15, -0.1) is 0 Å². The maximum Gasteiger partial charge on any atom is 0.330 e. The SMILES string of the molecule is CC(=O)OCC1OC(n2ccc(=O)[nH]c2=O)C(Br)C1OC(C)=O. The number of aromatic nitrogens is 2. The van der Waals surface area contributed by atoms with Crippen LogP contribution in [0.2, 0.25) is 0 Å². The number of H-pyrrole nitrogens is 1. The molecule has 2 heterocycles. The van der Waals surface area contributed by atoms with Gasteiger partial charge in [-0.3, -0.25) is 23.9 Å². The molecule has 1 saturated heterocycles. The Morgan fingerprint density at radius 2 is 2.04 bits per heavy atom. The molecule has 0 saturated carbocycles. The molecule has 9 nitrogen and oxygen atoms in total. The summed E-state index contributed by atoms with van der Waals surface area (Å²) in [6.45, 7) is 2.34. The smallest absolute Gasteiger partial charge is 0.330 e. The highest BCUT2D eigenvalue weighted by molar-refractivity contribution is 9.09. The van der Waals surface area contributed by atoms with E-state index in [2.05, 4.69) is 20.9 Å². The first kappa shape index (κ1) is 17.4. The minimum atomic E-state index is -0.843. The standard InChI is InChI=1S/C13H15BrN2O7/c1-6(17)21-5-8-11(22-7(2)18)10(14)12(23-8)16-4-3-9(19)15-13(16)20/h3-4,8,10-12H,5H2,1-2H3,(H,15,19,20). The van der Waals surface area contributed by atoms with Gasteiger partial charge in [-0.1, -0.05) is 15.9 Å². The summed E-state index contributed by atoms with van der Waals surface area (Å²) in [5.41, 5.74) is -1.20. The first-order valence-corrected chi connectivity index (χ1v) is 7.62. The summed E-state index contributed by atoms with van der Waals surface area (Å²) in [4.78, 5) is 46.8. The summed E-state index contributed by atoms with van der Waals surface area (Å²) >= 11 is 3.34. The Hall–Kier alpha value is -1.94. The third-order valence-electron chi connectivity index (χ3n) is 3.15. The normalized spacial score (nSPS) is 26.7. The van der Waals surface area contributed by atoms with Gasteiger partial charge < -0.3 is 14.2 Å². The average molecular weight is 391 g/mol. The molecule has 0 spiro atoms. The van der Waals surface area contributed by atoms with E-state index in [1.54, 1.807) is 0 Å². The molecule has 0 amide bonds. The molecule has 2 rings (SSSR count). The minimum absolute atomic E-state index is 0.135. The van der Waals surface area contributed by atoms with Gasteiger partial charge in [0.25, 0.3) is 5.56 Å². The van der Waals surface area contributed by atoms with Crippen molar-refractivity contribution in [1.29, 1.82) is 0 Å². The zero-order valence-electron chi connectivity index (χ0n) is 12.4. The van der Waals surface area contributed by atoms with Crippen molar-refractivity contribution < 1.29 is 23.8 Å². The highest BCUT2D eigenvalue weighted by Gasteiger charge is 2.47. The van der Waals surface area contributed by atoms with Crippen molar-refractivity contribution >= 4 is 27.9 Å². The highest BCUT2D eigenvalue weighted by Crippen LogP contribution is 2.35. The van der Waals surface area contributed by atoms with E-state index in [4.69, 9.17) is 14.2 Å². The monoisotopic (exact) mass is 390 g/mol. The van der Waals surface area contributed by atoms with Crippen LogP contribution < -0.4 is 11.2 Å². The second kappa shape index (κ2) is 7.09. The van der Waals surface area contributed by atoms with Crippen LogP contribution >= 0.6 is 15.9 Å². The summed E-state index contributed by atoms with van der Waals surface area (Å²) in [7, 11) is 0. The number of hydrogen-bond donors (Lipinski definition) is 1. The molecule has 1 aromatic rings. The molecule has 0 bridgehead atoms. The number of carbonyl (C=O) groups is 2. The molecule has 10 heteroatoms. The second-order valence-corrected chi connectivity index (χ2v) is 5.96. The van der Waals surface area contributed by atoms with E-state index in [1.807, 2.05) is 0 Å². The molecule has 4 unspecified atom stereocenters. The van der Waals surface area contributed by atoms with E-state index < -0.39 is 46.5 Å². The number of esters is 2. The topological polar surface area (TPSA) is 117 Å². The lowest BCUT2D eigenvalue weighted by Crippen LogP contribution is -2.37. The van der Waals surface area contributed by atoms with Crippen molar-refractivity contribution in [3.8, 4) is 0 Å². The van der Waals surface area contributed by atoms with Crippen molar-refractivity contribution in [2.45, 2.75) is 37.1 Å². The molecule has 1 aromatic heterocycles. The van der Waals surface area contributed by atoms with Gasteiger partial charge in [0, 0.05) is 26.1 Å². The fourth-order valence-electron chi connectivity index (χ4n) is 2.21. The van der Waals surface area contributed by atoms with Crippen molar-refractivity contribution in [3.05, 3.63) is 33.1 Å².